The number of carbonyl (C=O) groups is 1. The van der Waals surface area contributed by atoms with Gasteiger partial charge in [-0.1, -0.05) is 36.6 Å². The van der Waals surface area contributed by atoms with Crippen LogP contribution in [0.1, 0.15) is 38.0 Å². The zero-order valence-electron chi connectivity index (χ0n) is 13.9. The van der Waals surface area contributed by atoms with Gasteiger partial charge in [-0.25, -0.2) is 4.98 Å². The number of fused-ring (bicyclic) bond motifs is 1. The van der Waals surface area contributed by atoms with Crippen molar-refractivity contribution in [1.82, 2.24) is 9.88 Å². The molecule has 1 aromatic carbocycles. The predicted octanol–water partition coefficient (Wildman–Crippen LogP) is 4.21. The lowest BCUT2D eigenvalue weighted by atomic mass is 9.85. The van der Waals surface area contributed by atoms with E-state index in [0.717, 1.165) is 24.8 Å². The van der Waals surface area contributed by atoms with Gasteiger partial charge in [0.25, 0.3) is 0 Å². The third-order valence-electron chi connectivity index (χ3n) is 5.49. The molecule has 2 heterocycles. The lowest BCUT2D eigenvalue weighted by Crippen LogP contribution is -2.41. The molecule has 2 aromatic rings. The molecule has 1 saturated heterocycles. The van der Waals surface area contributed by atoms with E-state index in [4.69, 9.17) is 16.0 Å². The van der Waals surface area contributed by atoms with Gasteiger partial charge in [0.1, 0.15) is 6.04 Å². The van der Waals surface area contributed by atoms with Gasteiger partial charge in [0, 0.05) is 16.6 Å². The van der Waals surface area contributed by atoms with Crippen LogP contribution in [0.5, 0.6) is 0 Å². The van der Waals surface area contributed by atoms with Gasteiger partial charge in [-0.3, -0.25) is 9.69 Å². The fourth-order valence-electron chi connectivity index (χ4n) is 4.34. The molecule has 1 aromatic heterocycles. The van der Waals surface area contributed by atoms with Crippen LogP contribution in [-0.4, -0.2) is 33.0 Å². The van der Waals surface area contributed by atoms with E-state index in [-0.39, 0.29) is 0 Å². The van der Waals surface area contributed by atoms with Crippen LogP contribution in [0.15, 0.2) is 34.9 Å². The van der Waals surface area contributed by atoms with E-state index < -0.39 is 12.0 Å². The average Bonchev–Trinajstić information content (AvgIpc) is 3.21. The number of benzene rings is 1. The number of aromatic nitrogens is 1. The standard InChI is InChI=1S/C19H21ClN2O3/c20-14-6-3-5-13(8-14)17-10-21-18(25-17)11-22-15-7-2-1-4-12(15)9-16(22)19(23)24/h3,5-6,8,10,12,15-16H,1-2,4,7,9,11H2,(H,23,24)/t12-,15+,16-/m0/s1. The number of rotatable bonds is 4. The zero-order valence-corrected chi connectivity index (χ0v) is 14.7. The van der Waals surface area contributed by atoms with Crippen LogP contribution in [0, 0.1) is 5.92 Å². The number of hydrogen-bond acceptors (Lipinski definition) is 4. The molecule has 25 heavy (non-hydrogen) atoms. The van der Waals surface area contributed by atoms with E-state index >= 15 is 0 Å². The summed E-state index contributed by atoms with van der Waals surface area (Å²) in [6.07, 6.45) is 7.00. The molecule has 132 valence electrons. The van der Waals surface area contributed by atoms with Crippen LogP contribution >= 0.6 is 11.6 Å². The minimum atomic E-state index is -0.740. The number of halogens is 1. The summed E-state index contributed by atoms with van der Waals surface area (Å²) in [7, 11) is 0. The molecule has 3 atom stereocenters. The van der Waals surface area contributed by atoms with Crippen molar-refractivity contribution in [3.05, 3.63) is 41.4 Å². The Bertz CT molecular complexity index is 776. The maximum atomic E-state index is 11.7. The second-order valence-corrected chi connectivity index (χ2v) is 7.44. The Morgan fingerprint density at radius 2 is 2.20 bits per heavy atom. The van der Waals surface area contributed by atoms with Crippen molar-refractivity contribution in [2.75, 3.05) is 0 Å². The van der Waals surface area contributed by atoms with Crippen LogP contribution in [0.2, 0.25) is 5.02 Å². The third-order valence-corrected chi connectivity index (χ3v) is 5.72. The Labute approximate surface area is 151 Å². The SMILES string of the molecule is O=C(O)[C@@H]1C[C@@H]2CCCC[C@H]2N1Cc1ncc(-c2cccc(Cl)c2)o1. The lowest BCUT2D eigenvalue weighted by Gasteiger charge is -2.32. The van der Waals surface area contributed by atoms with Crippen LogP contribution in [-0.2, 0) is 11.3 Å². The van der Waals surface area contributed by atoms with Gasteiger partial charge >= 0.3 is 5.97 Å². The van der Waals surface area contributed by atoms with Gasteiger partial charge in [-0.05, 0) is 37.3 Å². The molecular weight excluding hydrogens is 340 g/mol. The summed E-state index contributed by atoms with van der Waals surface area (Å²) in [5.41, 5.74) is 0.873. The molecule has 2 fully saturated rings. The van der Waals surface area contributed by atoms with Crippen LogP contribution in [0.4, 0.5) is 0 Å². The molecule has 1 aliphatic heterocycles. The maximum Gasteiger partial charge on any atom is 0.320 e. The third kappa shape index (κ3) is 3.31. The van der Waals surface area contributed by atoms with E-state index in [2.05, 4.69) is 9.88 Å². The van der Waals surface area contributed by atoms with E-state index in [0.29, 0.717) is 35.2 Å². The summed E-state index contributed by atoms with van der Waals surface area (Å²) >= 11 is 6.03. The maximum absolute atomic E-state index is 11.7. The van der Waals surface area contributed by atoms with Crippen molar-refractivity contribution in [2.45, 2.75) is 50.7 Å². The number of hydrogen-bond donors (Lipinski definition) is 1. The molecule has 0 bridgehead atoms. The molecule has 1 saturated carbocycles. The van der Waals surface area contributed by atoms with E-state index in [1.807, 2.05) is 24.3 Å². The summed E-state index contributed by atoms with van der Waals surface area (Å²) in [6, 6.07) is 7.33. The van der Waals surface area contributed by atoms with Crippen LogP contribution < -0.4 is 0 Å². The van der Waals surface area contributed by atoms with Gasteiger partial charge in [0.05, 0.1) is 12.7 Å². The number of carboxylic acid groups (broad SMARTS) is 1. The van der Waals surface area contributed by atoms with Crippen molar-refractivity contribution in [3.8, 4) is 11.3 Å². The van der Waals surface area contributed by atoms with Gasteiger partial charge in [0.15, 0.2) is 5.76 Å². The molecule has 0 radical (unpaired) electrons. The van der Waals surface area contributed by atoms with Gasteiger partial charge in [-0.2, -0.15) is 0 Å². The number of oxazole rings is 1. The van der Waals surface area contributed by atoms with Crippen molar-refractivity contribution in [3.63, 3.8) is 0 Å². The van der Waals surface area contributed by atoms with Gasteiger partial charge in [0.2, 0.25) is 5.89 Å². The highest BCUT2D eigenvalue weighted by Gasteiger charge is 2.45. The van der Waals surface area contributed by atoms with E-state index in [1.165, 1.54) is 12.8 Å². The Kier molecular flexibility index (Phi) is 4.52. The quantitative estimate of drug-likeness (QED) is 0.884. The monoisotopic (exact) mass is 360 g/mol. The molecule has 0 unspecified atom stereocenters. The highest BCUT2D eigenvalue weighted by Crippen LogP contribution is 2.40. The topological polar surface area (TPSA) is 66.6 Å². The lowest BCUT2D eigenvalue weighted by molar-refractivity contribution is -0.143. The molecule has 6 heteroatoms. The Morgan fingerprint density at radius 3 is 3.00 bits per heavy atom. The largest absolute Gasteiger partial charge is 0.480 e. The predicted molar refractivity (Wildman–Crippen MR) is 94.3 cm³/mol. The first-order chi connectivity index (χ1) is 12.1. The van der Waals surface area contributed by atoms with Crippen molar-refractivity contribution >= 4 is 17.6 Å². The first-order valence-electron chi connectivity index (χ1n) is 8.81. The van der Waals surface area contributed by atoms with E-state index in [1.54, 1.807) is 6.20 Å². The zero-order chi connectivity index (χ0) is 17.4. The Hall–Kier alpha value is -1.85. The molecular formula is C19H21ClN2O3. The van der Waals surface area contributed by atoms with Crippen LogP contribution in [0.25, 0.3) is 11.3 Å². The molecule has 2 aliphatic rings. The minimum absolute atomic E-state index is 0.330. The fourth-order valence-corrected chi connectivity index (χ4v) is 4.53. The summed E-state index contributed by atoms with van der Waals surface area (Å²) < 4.78 is 5.89. The van der Waals surface area contributed by atoms with Crippen molar-refractivity contribution in [1.29, 1.82) is 0 Å². The van der Waals surface area contributed by atoms with Crippen LogP contribution in [0.3, 0.4) is 0 Å². The minimum Gasteiger partial charge on any atom is -0.480 e. The molecule has 0 amide bonds. The van der Waals surface area contributed by atoms with Gasteiger partial charge in [-0.15, -0.1) is 0 Å². The van der Waals surface area contributed by atoms with Crippen molar-refractivity contribution in [2.24, 2.45) is 5.92 Å². The molecule has 1 aliphatic carbocycles. The smallest absolute Gasteiger partial charge is 0.320 e. The highest BCUT2D eigenvalue weighted by atomic mass is 35.5. The highest BCUT2D eigenvalue weighted by molar-refractivity contribution is 6.30. The molecule has 4 rings (SSSR count). The normalized spacial score (nSPS) is 26.5. The summed E-state index contributed by atoms with van der Waals surface area (Å²) in [6.45, 7) is 0.443. The molecule has 5 nitrogen and oxygen atoms in total. The summed E-state index contributed by atoms with van der Waals surface area (Å²) in [4.78, 5) is 18.2. The van der Waals surface area contributed by atoms with E-state index in [9.17, 15) is 9.90 Å². The fraction of sp³-hybridized carbons (Fsp3) is 0.474. The molecule has 1 N–H and O–H groups in total. The first-order valence-corrected chi connectivity index (χ1v) is 9.19. The number of likely N-dealkylation sites (tertiary alicyclic amines) is 1. The second-order valence-electron chi connectivity index (χ2n) is 7.00. The summed E-state index contributed by atoms with van der Waals surface area (Å²) in [5.74, 6) is 0.962. The Morgan fingerprint density at radius 1 is 1.36 bits per heavy atom. The number of aliphatic carboxylic acids is 1. The average molecular weight is 361 g/mol. The first kappa shape index (κ1) is 16.6. The van der Waals surface area contributed by atoms with Gasteiger partial charge < -0.3 is 9.52 Å². The second kappa shape index (κ2) is 6.81. The van der Waals surface area contributed by atoms with Crippen molar-refractivity contribution < 1.29 is 14.3 Å². The summed E-state index contributed by atoms with van der Waals surface area (Å²) in [5, 5.41) is 10.3. The molecule has 0 spiro atoms. The number of nitrogens with zero attached hydrogens (tertiary/aromatic N) is 2. The number of carboxylic acids is 1. The Balaban J connectivity index is 1.55.